The molecule has 1 aromatic carbocycles. The molecule has 2 amide bonds. The van der Waals surface area contributed by atoms with Gasteiger partial charge in [0.05, 0.1) is 0 Å². The number of benzene rings is 1. The second-order valence-electron chi connectivity index (χ2n) is 4.16. The highest BCUT2D eigenvalue weighted by atomic mass is 19.4. The quantitative estimate of drug-likeness (QED) is 0.138. The van der Waals surface area contributed by atoms with E-state index in [1.54, 1.807) is 5.48 Å². The summed E-state index contributed by atoms with van der Waals surface area (Å²) in [6.45, 7) is -0.242. The number of terminal acetylenes is 1. The Morgan fingerprint density at radius 1 is 1.17 bits per heavy atom. The van der Waals surface area contributed by atoms with Gasteiger partial charge in [-0.2, -0.15) is 13.2 Å². The third-order valence-electron chi connectivity index (χ3n) is 2.46. The molecule has 0 atom stereocenters. The summed E-state index contributed by atoms with van der Waals surface area (Å²) in [5, 5.41) is 8.74. The smallest absolute Gasteiger partial charge is 0.303 e. The zero-order valence-corrected chi connectivity index (χ0v) is 11.9. The highest BCUT2D eigenvalue weighted by Gasteiger charge is 2.39. The number of hydrogen-bond acceptors (Lipinski definition) is 5. The van der Waals surface area contributed by atoms with Crippen molar-refractivity contribution in [3.63, 3.8) is 0 Å². The maximum Gasteiger partial charge on any atom is 0.471 e. The molecular weight excluding hydrogens is 331 g/mol. The maximum atomic E-state index is 12.1. The highest BCUT2D eigenvalue weighted by molar-refractivity contribution is 6.42. The molecule has 0 spiro atoms. The van der Waals surface area contributed by atoms with Crippen LogP contribution >= 0.6 is 0 Å². The van der Waals surface area contributed by atoms with Gasteiger partial charge in [0.25, 0.3) is 5.78 Å². The third-order valence-corrected chi connectivity index (χ3v) is 2.46. The minimum atomic E-state index is -5.13. The van der Waals surface area contributed by atoms with Gasteiger partial charge in [-0.3, -0.25) is 24.6 Å². The van der Waals surface area contributed by atoms with Gasteiger partial charge in [0.1, 0.15) is 12.4 Å². The number of amidine groups is 1. The molecule has 0 unspecified atom stereocenters. The van der Waals surface area contributed by atoms with E-state index in [0.717, 1.165) is 24.3 Å². The van der Waals surface area contributed by atoms with Crippen LogP contribution in [0.4, 0.5) is 13.2 Å². The van der Waals surface area contributed by atoms with E-state index in [9.17, 15) is 27.6 Å². The van der Waals surface area contributed by atoms with Gasteiger partial charge in [0.15, 0.2) is 0 Å². The number of amides is 2. The van der Waals surface area contributed by atoms with Crippen LogP contribution in [0, 0.1) is 17.8 Å². The van der Waals surface area contributed by atoms with Crippen LogP contribution in [0.25, 0.3) is 0 Å². The van der Waals surface area contributed by atoms with E-state index in [0.29, 0.717) is 0 Å². The number of Topliss-reactive ketones (excluding diaryl/α,β-unsaturated/α-hetero) is 1. The molecule has 0 aliphatic carbocycles. The van der Waals surface area contributed by atoms with Crippen molar-refractivity contribution in [2.24, 2.45) is 0 Å². The zero-order chi connectivity index (χ0) is 18.3. The van der Waals surface area contributed by atoms with E-state index in [1.807, 2.05) is 0 Å². The normalized spacial score (nSPS) is 10.4. The molecule has 0 saturated carbocycles. The number of alkyl halides is 3. The summed E-state index contributed by atoms with van der Waals surface area (Å²) in [6, 6.07) is 4.41. The van der Waals surface area contributed by atoms with E-state index in [2.05, 4.69) is 10.8 Å². The van der Waals surface area contributed by atoms with E-state index in [1.165, 1.54) is 5.32 Å². The van der Waals surface area contributed by atoms with Crippen molar-refractivity contribution in [2.45, 2.75) is 6.18 Å². The fraction of sp³-hybridized carbons (Fsp3) is 0.143. The molecule has 24 heavy (non-hydrogen) atoms. The van der Waals surface area contributed by atoms with Crippen molar-refractivity contribution in [1.29, 1.82) is 5.41 Å². The summed E-state index contributed by atoms with van der Waals surface area (Å²) in [5.74, 6) is -3.12. The first-order valence-electron chi connectivity index (χ1n) is 6.14. The Morgan fingerprint density at radius 2 is 1.71 bits per heavy atom. The van der Waals surface area contributed by atoms with Gasteiger partial charge in [-0.1, -0.05) is 30.2 Å². The van der Waals surface area contributed by atoms with E-state index < -0.39 is 29.6 Å². The summed E-state index contributed by atoms with van der Waals surface area (Å²) in [5.41, 5.74) is 1.62. The lowest BCUT2D eigenvalue weighted by atomic mass is 10.1. The van der Waals surface area contributed by atoms with Gasteiger partial charge in [-0.15, -0.1) is 6.42 Å². The predicted octanol–water partition coefficient (Wildman–Crippen LogP) is 0.554. The fourth-order valence-corrected chi connectivity index (χ4v) is 1.37. The Bertz CT molecular complexity index is 705. The number of carbonyl (C=O) groups is 3. The van der Waals surface area contributed by atoms with Crippen LogP contribution in [-0.4, -0.2) is 36.2 Å². The van der Waals surface area contributed by atoms with Gasteiger partial charge in [-0.05, 0) is 0 Å². The molecule has 3 N–H and O–H groups in total. The lowest BCUT2D eigenvalue weighted by Gasteiger charge is -2.09. The van der Waals surface area contributed by atoms with Gasteiger partial charge in [-0.25, -0.2) is 5.48 Å². The molecule has 0 fully saturated rings. The molecule has 0 saturated heterocycles. The molecule has 1 rings (SSSR count). The molecule has 1 aromatic rings. The number of hydrogen-bond donors (Lipinski definition) is 3. The highest BCUT2D eigenvalue weighted by Crippen LogP contribution is 2.14. The Balaban J connectivity index is 2.73. The molecular formula is C14H10F3N3O4. The first-order chi connectivity index (χ1) is 11.2. The largest absolute Gasteiger partial charge is 0.471 e. The fourth-order valence-electron chi connectivity index (χ4n) is 1.37. The topological polar surface area (TPSA) is 108 Å². The Labute approximate surface area is 133 Å². The average molecular weight is 341 g/mol. The molecule has 0 aliphatic rings. The predicted molar refractivity (Wildman–Crippen MR) is 74.7 cm³/mol. The summed E-state index contributed by atoms with van der Waals surface area (Å²) < 4.78 is 36.3. The van der Waals surface area contributed by atoms with Crippen LogP contribution in [-0.2, 0) is 14.4 Å². The molecule has 126 valence electrons. The van der Waals surface area contributed by atoms with Crippen molar-refractivity contribution in [1.82, 2.24) is 10.8 Å². The Kier molecular flexibility index (Phi) is 6.20. The standard InChI is InChI=1S/C14H10F3N3O4/c1-2-7-24-20-12(22)10(21)8-3-5-9(6-4-8)11(18)19-13(23)14(15,16)17/h1,3-6H,7H2,(H,20,22)(H2,18,19,23). The minimum absolute atomic E-state index is 0.0897. The molecule has 0 aromatic heterocycles. The lowest BCUT2D eigenvalue weighted by molar-refractivity contribution is -0.171. The number of hydroxylamine groups is 1. The van der Waals surface area contributed by atoms with E-state index in [-0.39, 0.29) is 17.7 Å². The first-order valence-corrected chi connectivity index (χ1v) is 6.14. The minimum Gasteiger partial charge on any atom is -0.303 e. The van der Waals surface area contributed by atoms with Crippen molar-refractivity contribution >= 4 is 23.4 Å². The van der Waals surface area contributed by atoms with Crippen molar-refractivity contribution < 1.29 is 32.4 Å². The molecule has 0 aliphatic heterocycles. The number of carbonyl (C=O) groups excluding carboxylic acids is 3. The summed E-state index contributed by atoms with van der Waals surface area (Å²) in [6.07, 6.45) is -0.250. The monoisotopic (exact) mass is 341 g/mol. The van der Waals surface area contributed by atoms with Crippen LogP contribution in [0.3, 0.4) is 0 Å². The summed E-state index contributed by atoms with van der Waals surface area (Å²) in [4.78, 5) is 38.3. The SMILES string of the molecule is C#CCONC(=O)C(=O)c1ccc(C(=N)NC(=O)C(F)(F)F)cc1. The molecule has 7 nitrogen and oxygen atoms in total. The van der Waals surface area contributed by atoms with Gasteiger partial charge >= 0.3 is 18.0 Å². The number of ketones is 1. The van der Waals surface area contributed by atoms with Crippen molar-refractivity contribution in [3.8, 4) is 12.3 Å². The Morgan fingerprint density at radius 3 is 2.21 bits per heavy atom. The first kappa shape index (κ1) is 18.9. The Hall–Kier alpha value is -3.19. The summed E-state index contributed by atoms with van der Waals surface area (Å²) in [7, 11) is 0. The van der Waals surface area contributed by atoms with Crippen LogP contribution < -0.4 is 10.8 Å². The van der Waals surface area contributed by atoms with Crippen LogP contribution in [0.5, 0.6) is 0 Å². The summed E-state index contributed by atoms with van der Waals surface area (Å²) >= 11 is 0. The maximum absolute atomic E-state index is 12.1. The number of halogens is 3. The van der Waals surface area contributed by atoms with Crippen molar-refractivity contribution in [2.75, 3.05) is 6.61 Å². The van der Waals surface area contributed by atoms with Gasteiger partial charge in [0.2, 0.25) is 0 Å². The average Bonchev–Trinajstić information content (AvgIpc) is 2.53. The second kappa shape index (κ2) is 7.89. The van der Waals surface area contributed by atoms with Crippen LogP contribution in [0.1, 0.15) is 15.9 Å². The van der Waals surface area contributed by atoms with Gasteiger partial charge in [0, 0.05) is 11.1 Å². The number of rotatable bonds is 5. The molecule has 10 heteroatoms. The van der Waals surface area contributed by atoms with Crippen LogP contribution in [0.15, 0.2) is 24.3 Å². The van der Waals surface area contributed by atoms with E-state index >= 15 is 0 Å². The molecule has 0 heterocycles. The zero-order valence-electron chi connectivity index (χ0n) is 11.9. The second-order valence-corrected chi connectivity index (χ2v) is 4.16. The number of nitrogens with one attached hydrogen (secondary N) is 3. The van der Waals surface area contributed by atoms with Crippen molar-refractivity contribution in [3.05, 3.63) is 35.4 Å². The molecule has 0 bridgehead atoms. The van der Waals surface area contributed by atoms with Crippen LogP contribution in [0.2, 0.25) is 0 Å². The molecule has 0 radical (unpaired) electrons. The van der Waals surface area contributed by atoms with Gasteiger partial charge < -0.3 is 5.32 Å². The lowest BCUT2D eigenvalue weighted by Crippen LogP contribution is -2.40. The van der Waals surface area contributed by atoms with E-state index in [4.69, 9.17) is 11.8 Å². The third kappa shape index (κ3) is 5.22.